The van der Waals surface area contributed by atoms with Gasteiger partial charge in [-0.25, -0.2) is 13.8 Å². The number of aliphatic hydroxyl groups excluding tert-OH is 1. The van der Waals surface area contributed by atoms with E-state index in [1.165, 1.54) is 12.0 Å². The summed E-state index contributed by atoms with van der Waals surface area (Å²) in [6, 6.07) is 14.6. The van der Waals surface area contributed by atoms with Gasteiger partial charge in [0.15, 0.2) is 16.8 Å². The van der Waals surface area contributed by atoms with Gasteiger partial charge in [0.1, 0.15) is 11.5 Å². The van der Waals surface area contributed by atoms with Crippen LogP contribution >= 0.6 is 11.3 Å². The monoisotopic (exact) mass is 492 g/mol. The van der Waals surface area contributed by atoms with Crippen molar-refractivity contribution in [3.63, 3.8) is 0 Å². The molecule has 3 aromatic carbocycles. The summed E-state index contributed by atoms with van der Waals surface area (Å²) >= 11 is 0.955. The molecule has 2 heterocycles. The number of aryl methyl sites for hydroxylation is 1. The summed E-state index contributed by atoms with van der Waals surface area (Å²) in [5.41, 5.74) is 1.84. The van der Waals surface area contributed by atoms with Gasteiger partial charge >= 0.3 is 5.91 Å². The Bertz CT molecular complexity index is 1490. The molecule has 1 atom stereocenters. The normalized spacial score (nSPS) is 17.4. The van der Waals surface area contributed by atoms with E-state index < -0.39 is 29.4 Å². The van der Waals surface area contributed by atoms with E-state index in [-0.39, 0.29) is 22.0 Å². The summed E-state index contributed by atoms with van der Waals surface area (Å²) in [4.78, 5) is 32.0. The van der Waals surface area contributed by atoms with Crippen LogP contribution in [-0.2, 0) is 9.59 Å². The zero-order valence-corrected chi connectivity index (χ0v) is 19.4. The number of ether oxygens (including phenoxy) is 1. The van der Waals surface area contributed by atoms with Gasteiger partial charge in [0.05, 0.1) is 28.9 Å². The van der Waals surface area contributed by atoms with E-state index >= 15 is 0 Å². The number of nitrogens with zero attached hydrogens (tertiary/aromatic N) is 2. The lowest BCUT2D eigenvalue weighted by Gasteiger charge is -2.23. The Hall–Kier alpha value is -4.11. The fourth-order valence-corrected chi connectivity index (χ4v) is 5.10. The maximum absolute atomic E-state index is 13.8. The zero-order valence-electron chi connectivity index (χ0n) is 18.6. The highest BCUT2D eigenvalue weighted by atomic mass is 32.1. The molecule has 1 fully saturated rings. The highest BCUT2D eigenvalue weighted by Crippen LogP contribution is 2.44. The summed E-state index contributed by atoms with van der Waals surface area (Å²) in [5.74, 6) is -3.67. The lowest BCUT2D eigenvalue weighted by atomic mass is 9.94. The van der Waals surface area contributed by atoms with Crippen molar-refractivity contribution >= 4 is 44.1 Å². The van der Waals surface area contributed by atoms with E-state index in [0.717, 1.165) is 29.0 Å². The number of halogens is 2. The van der Waals surface area contributed by atoms with Gasteiger partial charge in [-0.05, 0) is 42.8 Å². The van der Waals surface area contributed by atoms with Crippen molar-refractivity contribution in [2.75, 3.05) is 12.0 Å². The molecule has 0 saturated carbocycles. The first-order valence-electron chi connectivity index (χ1n) is 10.6. The van der Waals surface area contributed by atoms with Gasteiger partial charge in [-0.1, -0.05) is 41.2 Å². The Kier molecular flexibility index (Phi) is 5.56. The number of thiazole rings is 1. The number of Topliss-reactive ketones (excluding diaryl/α,β-unsaturated/α-hetero) is 1. The SMILES string of the molecule is COc1ccc(/C(O)=C2\C(=O)C(=O)N(c3nc4cc(F)c(F)cc4s3)C2c2cccc(C)c2)cc1. The predicted octanol–water partition coefficient (Wildman–Crippen LogP) is 5.52. The number of aliphatic hydroxyl groups is 1. The van der Waals surface area contributed by atoms with E-state index in [4.69, 9.17) is 4.74 Å². The molecule has 1 aliphatic rings. The Morgan fingerprint density at radius 2 is 1.77 bits per heavy atom. The third-order valence-electron chi connectivity index (χ3n) is 5.79. The fraction of sp³-hybridized carbons (Fsp3) is 0.115. The van der Waals surface area contributed by atoms with Crippen LogP contribution in [0.5, 0.6) is 5.75 Å². The van der Waals surface area contributed by atoms with Crippen molar-refractivity contribution in [3.05, 3.63) is 94.6 Å². The highest BCUT2D eigenvalue weighted by molar-refractivity contribution is 7.22. The van der Waals surface area contributed by atoms with Crippen molar-refractivity contribution in [1.82, 2.24) is 4.98 Å². The number of hydrogen-bond donors (Lipinski definition) is 1. The van der Waals surface area contributed by atoms with Crippen LogP contribution in [0.15, 0.2) is 66.2 Å². The molecule has 4 aromatic rings. The van der Waals surface area contributed by atoms with Gasteiger partial charge in [-0.2, -0.15) is 0 Å². The third kappa shape index (κ3) is 3.83. The van der Waals surface area contributed by atoms with Crippen LogP contribution in [0.2, 0.25) is 0 Å². The minimum absolute atomic E-state index is 0.0902. The summed E-state index contributed by atoms with van der Waals surface area (Å²) in [6.07, 6.45) is 0. The van der Waals surface area contributed by atoms with Crippen molar-refractivity contribution in [3.8, 4) is 5.75 Å². The number of carbonyl (C=O) groups excluding carboxylic acids is 2. The first-order valence-corrected chi connectivity index (χ1v) is 11.4. The van der Waals surface area contributed by atoms with Gasteiger partial charge in [-0.15, -0.1) is 0 Å². The van der Waals surface area contributed by atoms with E-state index in [1.807, 2.05) is 13.0 Å². The Labute approximate surface area is 202 Å². The van der Waals surface area contributed by atoms with Crippen molar-refractivity contribution in [1.29, 1.82) is 0 Å². The smallest absolute Gasteiger partial charge is 0.301 e. The summed E-state index contributed by atoms with van der Waals surface area (Å²) < 4.78 is 33.0. The van der Waals surface area contributed by atoms with Crippen LogP contribution in [0.1, 0.15) is 22.7 Å². The number of aromatic nitrogens is 1. The summed E-state index contributed by atoms with van der Waals surface area (Å²) in [7, 11) is 1.51. The molecule has 0 radical (unpaired) electrons. The molecule has 1 amide bonds. The van der Waals surface area contributed by atoms with Crippen LogP contribution in [0.3, 0.4) is 0 Å². The van der Waals surface area contributed by atoms with E-state index in [2.05, 4.69) is 4.98 Å². The molecule has 6 nitrogen and oxygen atoms in total. The first kappa shape index (κ1) is 22.7. The number of hydrogen-bond acceptors (Lipinski definition) is 6. The number of carbonyl (C=O) groups is 2. The number of benzene rings is 3. The van der Waals surface area contributed by atoms with E-state index in [9.17, 15) is 23.5 Å². The van der Waals surface area contributed by atoms with Crippen molar-refractivity contribution in [2.45, 2.75) is 13.0 Å². The number of anilines is 1. The fourth-order valence-electron chi connectivity index (χ4n) is 4.10. The second-order valence-corrected chi connectivity index (χ2v) is 9.05. The van der Waals surface area contributed by atoms with Gasteiger partial charge < -0.3 is 9.84 Å². The molecule has 176 valence electrons. The maximum atomic E-state index is 13.8. The number of amides is 1. The van der Waals surface area contributed by atoms with Gasteiger partial charge in [0.25, 0.3) is 5.78 Å². The third-order valence-corrected chi connectivity index (χ3v) is 6.81. The lowest BCUT2D eigenvalue weighted by Crippen LogP contribution is -2.29. The minimum atomic E-state index is -1.06. The van der Waals surface area contributed by atoms with Gasteiger partial charge in [-0.3, -0.25) is 14.5 Å². The molecule has 0 aliphatic carbocycles. The molecule has 1 aliphatic heterocycles. The molecule has 9 heteroatoms. The molecule has 1 unspecified atom stereocenters. The first-order chi connectivity index (χ1) is 16.8. The second-order valence-electron chi connectivity index (χ2n) is 8.04. The molecule has 1 saturated heterocycles. The van der Waals surface area contributed by atoms with Gasteiger partial charge in [0, 0.05) is 11.6 Å². The number of rotatable bonds is 4. The van der Waals surface area contributed by atoms with E-state index in [0.29, 0.717) is 21.6 Å². The summed E-state index contributed by atoms with van der Waals surface area (Å²) in [6.45, 7) is 1.86. The minimum Gasteiger partial charge on any atom is -0.507 e. The lowest BCUT2D eigenvalue weighted by molar-refractivity contribution is -0.132. The Balaban J connectivity index is 1.72. The van der Waals surface area contributed by atoms with Crippen LogP contribution < -0.4 is 9.64 Å². The molecule has 1 aromatic heterocycles. The quantitative estimate of drug-likeness (QED) is 0.231. The van der Waals surface area contributed by atoms with Crippen molar-refractivity contribution in [2.24, 2.45) is 0 Å². The van der Waals surface area contributed by atoms with Gasteiger partial charge in [0.2, 0.25) is 0 Å². The van der Waals surface area contributed by atoms with Crippen LogP contribution in [0, 0.1) is 18.6 Å². The topological polar surface area (TPSA) is 79.7 Å². The molecule has 35 heavy (non-hydrogen) atoms. The molecule has 1 N–H and O–H groups in total. The van der Waals surface area contributed by atoms with Crippen LogP contribution in [0.4, 0.5) is 13.9 Å². The van der Waals surface area contributed by atoms with Crippen LogP contribution in [0.25, 0.3) is 16.0 Å². The zero-order chi connectivity index (χ0) is 24.9. The maximum Gasteiger partial charge on any atom is 0.301 e. The standard InChI is InChI=1S/C26H18F2N2O4S/c1-13-4-3-5-15(10-13)22-21(23(31)14-6-8-16(34-2)9-7-14)24(32)25(33)30(22)26-29-19-11-17(27)18(28)12-20(19)35-26/h3-12,22,31H,1-2H3/b23-21+. The number of methoxy groups -OCH3 is 1. The Morgan fingerprint density at radius 1 is 1.06 bits per heavy atom. The molecular formula is C26H18F2N2O4S. The average molecular weight is 493 g/mol. The molecule has 5 rings (SSSR count). The highest BCUT2D eigenvalue weighted by Gasteiger charge is 2.48. The molecule has 0 spiro atoms. The number of ketones is 1. The van der Waals surface area contributed by atoms with Crippen LogP contribution in [-0.4, -0.2) is 28.9 Å². The molecule has 0 bridgehead atoms. The van der Waals surface area contributed by atoms with E-state index in [1.54, 1.807) is 42.5 Å². The number of fused-ring (bicyclic) bond motifs is 1. The van der Waals surface area contributed by atoms with Crippen molar-refractivity contribution < 1.29 is 28.2 Å². The largest absolute Gasteiger partial charge is 0.507 e. The molecular weight excluding hydrogens is 474 g/mol. The Morgan fingerprint density at radius 3 is 2.46 bits per heavy atom. The summed E-state index contributed by atoms with van der Waals surface area (Å²) in [5, 5.41) is 11.3. The second kappa shape index (κ2) is 8.59. The predicted molar refractivity (Wildman–Crippen MR) is 128 cm³/mol. The average Bonchev–Trinajstić information content (AvgIpc) is 3.36.